The van der Waals surface area contributed by atoms with Crippen LogP contribution >= 0.6 is 0 Å². The largest absolute Gasteiger partial charge is 2.00 e. The Bertz CT molecular complexity index is 167. The molecule has 0 rings (SSSR count). The van der Waals surface area contributed by atoms with Gasteiger partial charge < -0.3 is 50.6 Å². The molecule has 0 spiro atoms. The molecule has 0 unspecified atom stereocenters. The van der Waals surface area contributed by atoms with Crippen molar-refractivity contribution in [3.8, 4) is 0 Å². The van der Waals surface area contributed by atoms with Gasteiger partial charge in [0.05, 0.1) is 0 Å². The van der Waals surface area contributed by atoms with E-state index in [0.29, 0.717) is 0 Å². The Balaban J connectivity index is -0.0000000150. The maximum atomic E-state index is 8.89. The van der Waals surface area contributed by atoms with Crippen LogP contribution in [0.3, 0.4) is 0 Å². The van der Waals surface area contributed by atoms with Crippen LogP contribution in [-0.4, -0.2) is 34.8 Å². The first-order valence-electron chi connectivity index (χ1n) is 3.63. The van der Waals surface area contributed by atoms with Crippen LogP contribution in [0.2, 0.25) is 0 Å². The molecule has 0 aliphatic carbocycles. The molecule has 12 heteroatoms. The maximum Gasteiger partial charge on any atom is 2.00 e. The fourth-order valence-corrected chi connectivity index (χ4v) is 0. The molecule has 0 aromatic carbocycles. The second-order valence-electron chi connectivity index (χ2n) is 1.97. The van der Waals surface area contributed by atoms with Gasteiger partial charge in [-0.1, -0.05) is 0 Å². The molecule has 0 fully saturated rings. The smallest absolute Gasteiger partial charge is 0.550 e. The van der Waals surface area contributed by atoms with Crippen LogP contribution in [0.25, 0.3) is 0 Å². The Morgan fingerprint density at radius 1 is 0.500 bits per heavy atom. The van der Waals surface area contributed by atoms with Gasteiger partial charge in [-0.3, -0.25) is 0 Å². The molecule has 20 heavy (non-hydrogen) atoms. The van der Waals surface area contributed by atoms with Crippen molar-refractivity contribution < 1.29 is 89.5 Å². The van der Waals surface area contributed by atoms with E-state index in [9.17, 15) is 0 Å². The Morgan fingerprint density at radius 2 is 0.500 bits per heavy atom. The van der Waals surface area contributed by atoms with E-state index in [-0.39, 0.29) is 49.9 Å². The zero-order chi connectivity index (χ0) is 14.3. The molecule has 0 aliphatic heterocycles. The monoisotopic (exact) mass is 478 g/mol. The number of hydrogen-bond donors (Lipinski definition) is 0. The van der Waals surface area contributed by atoms with E-state index in [2.05, 4.69) is 0 Å². The van der Waals surface area contributed by atoms with Crippen LogP contribution in [0, 0.1) is 0 Å². The molecule has 0 aromatic heterocycles. The van der Waals surface area contributed by atoms with Gasteiger partial charge in [-0.05, 0) is 27.7 Å². The minimum Gasteiger partial charge on any atom is -0.550 e. The number of rotatable bonds is 0. The molecule has 0 aromatic rings. The summed E-state index contributed by atoms with van der Waals surface area (Å²) in [6, 6.07) is 0. The Morgan fingerprint density at radius 3 is 0.500 bits per heavy atom. The molecule has 0 bridgehead atoms. The summed E-state index contributed by atoms with van der Waals surface area (Å²) in [5.74, 6) is -4.33. The van der Waals surface area contributed by atoms with Crippen molar-refractivity contribution in [2.45, 2.75) is 27.7 Å². The quantitative estimate of drug-likeness (QED) is 0.304. The van der Waals surface area contributed by atoms with Crippen LogP contribution in [0.5, 0.6) is 0 Å². The van der Waals surface area contributed by atoms with E-state index in [1.165, 1.54) is 0 Å². The first-order chi connectivity index (χ1) is 6.93. The summed E-state index contributed by atoms with van der Waals surface area (Å²) in [6.45, 7) is 3.89. The summed E-state index contributed by atoms with van der Waals surface area (Å²) in [6.07, 6.45) is 0. The van der Waals surface area contributed by atoms with E-state index in [4.69, 9.17) is 39.6 Å². The fraction of sp³-hybridized carbons (Fsp3) is 0.500. The van der Waals surface area contributed by atoms with Crippen molar-refractivity contribution >= 4 is 23.9 Å². The van der Waals surface area contributed by atoms with Gasteiger partial charge in [-0.15, -0.1) is 0 Å². The second-order valence-corrected chi connectivity index (χ2v) is 1.97. The third kappa shape index (κ3) is 4830. The second kappa shape index (κ2) is 43.0. The molecular weight excluding hydrogens is 462 g/mol. The normalized spacial score (nSPS) is 5.00. The fourth-order valence-electron chi connectivity index (χ4n) is 0. The van der Waals surface area contributed by atoms with Crippen molar-refractivity contribution in [2.75, 3.05) is 0 Å². The summed E-state index contributed by atoms with van der Waals surface area (Å²) in [5, 5.41) is 35.6. The average molecular weight is 478 g/mol. The van der Waals surface area contributed by atoms with E-state index < -0.39 is 23.9 Å². The van der Waals surface area contributed by atoms with Crippen molar-refractivity contribution in [3.05, 3.63) is 0 Å². The molecule has 0 atom stereocenters. The van der Waals surface area contributed by atoms with Crippen LogP contribution in [0.4, 0.5) is 0 Å². The van der Waals surface area contributed by atoms with Gasteiger partial charge in [0.1, 0.15) is 0 Å². The molecule has 4 N–H and O–H groups in total. The Labute approximate surface area is 141 Å². The summed E-state index contributed by atoms with van der Waals surface area (Å²) >= 11 is 0. The van der Waals surface area contributed by atoms with E-state index in [1.54, 1.807) is 0 Å². The first kappa shape index (κ1) is 50.8. The molecule has 0 heterocycles. The van der Waals surface area contributed by atoms with Crippen LogP contribution in [0.1, 0.15) is 27.7 Å². The summed E-state index contributed by atoms with van der Waals surface area (Å²) < 4.78 is 0. The van der Waals surface area contributed by atoms with Gasteiger partial charge in [0, 0.05) is 23.9 Å². The maximum absolute atomic E-state index is 8.89. The molecule has 0 amide bonds. The number of aliphatic carboxylic acids is 4. The Kier molecular flexibility index (Phi) is 109. The first-order valence-corrected chi connectivity index (χ1v) is 3.63. The van der Waals surface area contributed by atoms with Gasteiger partial charge in [-0.2, -0.15) is 0 Å². The van der Waals surface area contributed by atoms with Crippen molar-refractivity contribution in [1.82, 2.24) is 0 Å². The van der Waals surface area contributed by atoms with Crippen molar-refractivity contribution in [2.24, 2.45) is 0 Å². The number of hydrogen-bond acceptors (Lipinski definition) is 8. The van der Waals surface area contributed by atoms with Gasteiger partial charge in [-0.25, -0.2) is 0 Å². The predicted molar refractivity (Wildman–Crippen MR) is 50.0 cm³/mol. The standard InChI is InChI=1S/4C2H4O2.2H2O.2Rh/c4*1-2(3)4;;;;/h4*1H3,(H,3,4);2*1H2;;/q;;;;;;2*+2/p-4. The van der Waals surface area contributed by atoms with Crippen molar-refractivity contribution in [1.29, 1.82) is 0 Å². The molecule has 0 aliphatic rings. The number of carbonyl (C=O) groups is 4. The minimum absolute atomic E-state index is 0. The van der Waals surface area contributed by atoms with E-state index in [0.717, 1.165) is 27.7 Å². The van der Waals surface area contributed by atoms with Gasteiger partial charge in [0.25, 0.3) is 0 Å². The molecule has 0 saturated heterocycles. The third-order valence-corrected chi connectivity index (χ3v) is 0. The topological polar surface area (TPSA) is 224 Å². The molecule has 2 radical (unpaired) electrons. The summed E-state index contributed by atoms with van der Waals surface area (Å²) in [4.78, 5) is 35.6. The van der Waals surface area contributed by atoms with E-state index in [1.807, 2.05) is 0 Å². The van der Waals surface area contributed by atoms with Crippen LogP contribution in [-0.2, 0) is 58.1 Å². The van der Waals surface area contributed by atoms with E-state index >= 15 is 0 Å². The predicted octanol–water partition coefficient (Wildman–Crippen LogP) is -6.63. The Hall–Kier alpha value is -0.953. The van der Waals surface area contributed by atoms with Gasteiger partial charge >= 0.3 is 39.0 Å². The number of carbonyl (C=O) groups excluding carboxylic acids is 4. The molecular formula is C8H16O10Rh2. The van der Waals surface area contributed by atoms with Crippen LogP contribution < -0.4 is 20.4 Å². The SMILES string of the molecule is CC(=O)[O-].CC(=O)[O-].CC(=O)[O-].CC(=O)[O-].O.O.[Rh+2].[Rh+2]. The number of carboxylic acid groups (broad SMARTS) is 4. The third-order valence-electron chi connectivity index (χ3n) is 0. The molecule has 0 saturated carbocycles. The molecule has 126 valence electrons. The van der Waals surface area contributed by atoms with Gasteiger partial charge in [0.15, 0.2) is 0 Å². The van der Waals surface area contributed by atoms with Gasteiger partial charge in [0.2, 0.25) is 0 Å². The molecule has 10 nitrogen and oxygen atoms in total. The summed E-state index contributed by atoms with van der Waals surface area (Å²) in [5.41, 5.74) is 0. The number of carboxylic acids is 4. The zero-order valence-electron chi connectivity index (χ0n) is 10.9. The van der Waals surface area contributed by atoms with Crippen molar-refractivity contribution in [3.63, 3.8) is 0 Å². The summed E-state index contributed by atoms with van der Waals surface area (Å²) in [7, 11) is 0. The van der Waals surface area contributed by atoms with Crippen LogP contribution in [0.15, 0.2) is 0 Å². The average Bonchev–Trinajstić information content (AvgIpc) is 1.76. The zero-order valence-corrected chi connectivity index (χ0v) is 14.2. The minimum atomic E-state index is -1.08.